The first-order valence-corrected chi connectivity index (χ1v) is 8.52. The molecule has 130 valence electrons. The molecule has 1 heterocycles. The molecule has 0 aliphatic rings. The van der Waals surface area contributed by atoms with Gasteiger partial charge in [-0.05, 0) is 45.8 Å². The maximum Gasteiger partial charge on any atom is 0.209 e. The van der Waals surface area contributed by atoms with Crippen LogP contribution in [0.4, 0.5) is 4.39 Å². The molecule has 0 bridgehead atoms. The van der Waals surface area contributed by atoms with Gasteiger partial charge in [-0.1, -0.05) is 30.0 Å². The molecule has 0 amide bonds. The van der Waals surface area contributed by atoms with Gasteiger partial charge in [0.2, 0.25) is 5.16 Å². The van der Waals surface area contributed by atoms with Crippen LogP contribution in [0.25, 0.3) is 0 Å². The summed E-state index contributed by atoms with van der Waals surface area (Å²) in [6, 6.07) is 12.6. The van der Waals surface area contributed by atoms with Gasteiger partial charge in [0, 0.05) is 5.75 Å². The summed E-state index contributed by atoms with van der Waals surface area (Å²) in [5.74, 6) is 1.22. The number of nitrogens with zero attached hydrogens (tertiary/aromatic N) is 4. The number of methoxy groups -OCH3 is 2. The zero-order valence-corrected chi connectivity index (χ0v) is 14.7. The van der Waals surface area contributed by atoms with Crippen LogP contribution in [0, 0.1) is 5.82 Å². The predicted molar refractivity (Wildman–Crippen MR) is 92.4 cm³/mol. The maximum absolute atomic E-state index is 13.8. The third-order valence-electron chi connectivity index (χ3n) is 3.57. The first-order valence-electron chi connectivity index (χ1n) is 7.54. The highest BCUT2D eigenvalue weighted by atomic mass is 32.2. The summed E-state index contributed by atoms with van der Waals surface area (Å²) in [7, 11) is 3.08. The molecule has 0 aliphatic heterocycles. The fourth-order valence-electron chi connectivity index (χ4n) is 2.25. The molecule has 0 saturated carbocycles. The fourth-order valence-corrected chi connectivity index (χ4v) is 3.07. The highest BCUT2D eigenvalue weighted by Crippen LogP contribution is 2.24. The molecule has 0 unspecified atom stereocenters. The van der Waals surface area contributed by atoms with Gasteiger partial charge in [-0.3, -0.25) is 0 Å². The van der Waals surface area contributed by atoms with Crippen molar-refractivity contribution in [2.75, 3.05) is 14.2 Å². The largest absolute Gasteiger partial charge is 0.497 e. The Morgan fingerprint density at radius 1 is 1.04 bits per heavy atom. The van der Waals surface area contributed by atoms with E-state index in [-0.39, 0.29) is 11.6 Å². The summed E-state index contributed by atoms with van der Waals surface area (Å²) in [6.07, 6.45) is 0. The molecular formula is C17H17FN4O2S. The Kier molecular flexibility index (Phi) is 5.49. The van der Waals surface area contributed by atoms with Gasteiger partial charge in [0.1, 0.15) is 5.75 Å². The number of hydrogen-bond acceptors (Lipinski definition) is 6. The molecule has 0 aliphatic carbocycles. The van der Waals surface area contributed by atoms with Crippen LogP contribution in [0.1, 0.15) is 11.1 Å². The van der Waals surface area contributed by atoms with Crippen LogP contribution < -0.4 is 9.47 Å². The molecule has 6 nitrogen and oxygen atoms in total. The number of hydrogen-bond donors (Lipinski definition) is 0. The highest BCUT2D eigenvalue weighted by molar-refractivity contribution is 7.98. The Labute approximate surface area is 149 Å². The fraction of sp³-hybridized carbons (Fsp3) is 0.235. The lowest BCUT2D eigenvalue weighted by molar-refractivity contribution is 0.386. The average molecular weight is 360 g/mol. The van der Waals surface area contributed by atoms with Crippen LogP contribution in [-0.2, 0) is 12.3 Å². The van der Waals surface area contributed by atoms with Crippen molar-refractivity contribution < 1.29 is 13.9 Å². The Bertz CT molecular complexity index is 839. The van der Waals surface area contributed by atoms with E-state index in [2.05, 4.69) is 15.5 Å². The van der Waals surface area contributed by atoms with E-state index < -0.39 is 0 Å². The Balaban J connectivity index is 1.66. The molecule has 0 fully saturated rings. The van der Waals surface area contributed by atoms with Crippen molar-refractivity contribution in [3.63, 3.8) is 0 Å². The molecule has 0 radical (unpaired) electrons. The molecule has 0 saturated heterocycles. The van der Waals surface area contributed by atoms with Crippen molar-refractivity contribution in [3.8, 4) is 11.5 Å². The second-order valence-electron chi connectivity index (χ2n) is 5.22. The summed E-state index contributed by atoms with van der Waals surface area (Å²) >= 11 is 1.45. The molecule has 3 rings (SSSR count). The van der Waals surface area contributed by atoms with E-state index in [0.717, 1.165) is 16.9 Å². The Morgan fingerprint density at radius 3 is 2.48 bits per heavy atom. The van der Waals surface area contributed by atoms with Crippen LogP contribution in [0.2, 0.25) is 0 Å². The van der Waals surface area contributed by atoms with Crippen molar-refractivity contribution in [3.05, 3.63) is 59.4 Å². The molecule has 0 atom stereocenters. The summed E-state index contributed by atoms with van der Waals surface area (Å²) in [6.45, 7) is 0.552. The number of rotatable bonds is 7. The smallest absolute Gasteiger partial charge is 0.209 e. The average Bonchev–Trinajstić information content (AvgIpc) is 3.08. The van der Waals surface area contributed by atoms with E-state index in [1.807, 2.05) is 30.3 Å². The summed E-state index contributed by atoms with van der Waals surface area (Å²) in [5, 5.41) is 12.5. The summed E-state index contributed by atoms with van der Waals surface area (Å²) in [5.41, 5.74) is 1.90. The molecule has 0 N–H and O–H groups in total. The molecule has 2 aromatic carbocycles. The van der Waals surface area contributed by atoms with Crippen LogP contribution in [0.3, 0.4) is 0 Å². The first-order chi connectivity index (χ1) is 12.2. The van der Waals surface area contributed by atoms with Crippen LogP contribution in [0.15, 0.2) is 47.6 Å². The third kappa shape index (κ3) is 4.27. The number of benzene rings is 2. The van der Waals surface area contributed by atoms with E-state index in [4.69, 9.17) is 9.47 Å². The number of halogens is 1. The van der Waals surface area contributed by atoms with Crippen LogP contribution in [0.5, 0.6) is 11.5 Å². The van der Waals surface area contributed by atoms with Crippen molar-refractivity contribution in [2.45, 2.75) is 17.5 Å². The molecule has 8 heteroatoms. The van der Waals surface area contributed by atoms with Gasteiger partial charge < -0.3 is 9.47 Å². The standard InChI is InChI=1S/C17H17FN4O2S/c1-23-14-6-3-12(4-7-14)10-22-17(19-20-21-22)25-11-13-5-8-16(24-2)15(18)9-13/h3-9H,10-11H2,1-2H3. The summed E-state index contributed by atoms with van der Waals surface area (Å²) in [4.78, 5) is 0. The van der Waals surface area contributed by atoms with Crippen molar-refractivity contribution in [1.82, 2.24) is 20.2 Å². The first kappa shape index (κ1) is 17.2. The number of aromatic nitrogens is 4. The normalized spacial score (nSPS) is 10.7. The van der Waals surface area contributed by atoms with E-state index in [1.165, 1.54) is 24.9 Å². The minimum Gasteiger partial charge on any atom is -0.497 e. The van der Waals surface area contributed by atoms with Crippen molar-refractivity contribution in [1.29, 1.82) is 0 Å². The lowest BCUT2D eigenvalue weighted by Gasteiger charge is -2.07. The quantitative estimate of drug-likeness (QED) is 0.603. The second-order valence-corrected chi connectivity index (χ2v) is 6.17. The second kappa shape index (κ2) is 7.98. The third-order valence-corrected chi connectivity index (χ3v) is 4.60. The molecule has 25 heavy (non-hydrogen) atoms. The van der Waals surface area contributed by atoms with Crippen molar-refractivity contribution in [2.24, 2.45) is 0 Å². The highest BCUT2D eigenvalue weighted by Gasteiger charge is 2.10. The Hall–Kier alpha value is -2.61. The van der Waals surface area contributed by atoms with Crippen molar-refractivity contribution >= 4 is 11.8 Å². The SMILES string of the molecule is COc1ccc(Cn2nnnc2SCc2ccc(OC)c(F)c2)cc1. The molecule has 3 aromatic rings. The van der Waals surface area contributed by atoms with Gasteiger partial charge in [0.25, 0.3) is 0 Å². The number of thioether (sulfide) groups is 1. The lowest BCUT2D eigenvalue weighted by Crippen LogP contribution is -2.04. The van der Waals surface area contributed by atoms with Gasteiger partial charge in [-0.15, -0.1) is 5.10 Å². The van der Waals surface area contributed by atoms with E-state index >= 15 is 0 Å². The van der Waals surface area contributed by atoms with Gasteiger partial charge in [-0.2, -0.15) is 0 Å². The predicted octanol–water partition coefficient (Wildman–Crippen LogP) is 3.17. The topological polar surface area (TPSA) is 62.1 Å². The molecular weight excluding hydrogens is 343 g/mol. The monoisotopic (exact) mass is 360 g/mol. The van der Waals surface area contributed by atoms with E-state index in [1.54, 1.807) is 17.9 Å². The van der Waals surface area contributed by atoms with E-state index in [0.29, 0.717) is 17.5 Å². The lowest BCUT2D eigenvalue weighted by atomic mass is 10.2. The van der Waals surface area contributed by atoms with Gasteiger partial charge in [-0.25, -0.2) is 9.07 Å². The maximum atomic E-state index is 13.8. The number of ether oxygens (including phenoxy) is 2. The van der Waals surface area contributed by atoms with Crippen LogP contribution >= 0.6 is 11.8 Å². The van der Waals surface area contributed by atoms with Gasteiger partial charge in [0.05, 0.1) is 20.8 Å². The molecule has 1 aromatic heterocycles. The minimum atomic E-state index is -0.376. The van der Waals surface area contributed by atoms with Crippen LogP contribution in [-0.4, -0.2) is 34.4 Å². The summed E-state index contributed by atoms with van der Waals surface area (Å²) < 4.78 is 25.5. The zero-order chi connectivity index (χ0) is 17.6. The Morgan fingerprint density at radius 2 is 1.80 bits per heavy atom. The molecule has 0 spiro atoms. The van der Waals surface area contributed by atoms with Gasteiger partial charge >= 0.3 is 0 Å². The van der Waals surface area contributed by atoms with Gasteiger partial charge in [0.15, 0.2) is 11.6 Å². The minimum absolute atomic E-state index is 0.234. The van der Waals surface area contributed by atoms with E-state index in [9.17, 15) is 4.39 Å². The zero-order valence-electron chi connectivity index (χ0n) is 13.8. The number of tetrazole rings is 1.